The van der Waals surface area contributed by atoms with Gasteiger partial charge in [0.25, 0.3) is 0 Å². The van der Waals surface area contributed by atoms with Gasteiger partial charge in [0.1, 0.15) is 5.75 Å². The van der Waals surface area contributed by atoms with Gasteiger partial charge in [0.05, 0.1) is 5.25 Å². The summed E-state index contributed by atoms with van der Waals surface area (Å²) in [4.78, 5) is 10.6. The fourth-order valence-corrected chi connectivity index (χ4v) is 4.15. The molecule has 0 aromatic heterocycles. The van der Waals surface area contributed by atoms with E-state index < -0.39 is 26.8 Å². The van der Waals surface area contributed by atoms with Crippen LogP contribution in [0.25, 0.3) is 0 Å². The lowest BCUT2D eigenvalue weighted by Gasteiger charge is -2.22. The van der Waals surface area contributed by atoms with Crippen molar-refractivity contribution in [2.24, 2.45) is 0 Å². The Bertz CT molecular complexity index is 583. The highest BCUT2D eigenvalue weighted by Crippen LogP contribution is 2.33. The van der Waals surface area contributed by atoms with Crippen LogP contribution in [0.1, 0.15) is 61.3 Å². The summed E-state index contributed by atoms with van der Waals surface area (Å²) >= 11 is 0. The quantitative estimate of drug-likeness (QED) is 0.906. The van der Waals surface area contributed by atoms with Gasteiger partial charge in [-0.1, -0.05) is 43.5 Å². The van der Waals surface area contributed by atoms with Crippen LogP contribution in [-0.2, 0) is 14.6 Å². The van der Waals surface area contributed by atoms with E-state index in [2.05, 4.69) is 0 Å². The highest BCUT2D eigenvalue weighted by molar-refractivity contribution is 7.92. The summed E-state index contributed by atoms with van der Waals surface area (Å²) in [6, 6.07) is 7.65. The van der Waals surface area contributed by atoms with Gasteiger partial charge < -0.3 is 5.11 Å². The molecule has 1 unspecified atom stereocenters. The average Bonchev–Trinajstić information content (AvgIpc) is 2.46. The highest BCUT2D eigenvalue weighted by atomic mass is 32.2. The van der Waals surface area contributed by atoms with Crippen molar-refractivity contribution in [1.82, 2.24) is 0 Å². The van der Waals surface area contributed by atoms with E-state index in [-0.39, 0.29) is 0 Å². The summed E-state index contributed by atoms with van der Waals surface area (Å²) in [7, 11) is -3.65. The molecular weight excluding hydrogens is 288 g/mol. The molecule has 1 aliphatic carbocycles. The molecule has 5 heteroatoms. The molecule has 21 heavy (non-hydrogen) atoms. The van der Waals surface area contributed by atoms with E-state index in [4.69, 9.17) is 5.11 Å². The molecule has 0 bridgehead atoms. The van der Waals surface area contributed by atoms with Crippen molar-refractivity contribution in [2.75, 3.05) is 5.75 Å². The van der Waals surface area contributed by atoms with E-state index in [0.29, 0.717) is 11.5 Å². The minimum Gasteiger partial charge on any atom is -0.480 e. The van der Waals surface area contributed by atoms with Gasteiger partial charge in [0, 0.05) is 0 Å². The van der Waals surface area contributed by atoms with Crippen LogP contribution in [-0.4, -0.2) is 25.2 Å². The first-order chi connectivity index (χ1) is 9.90. The Morgan fingerprint density at radius 3 is 2.29 bits per heavy atom. The zero-order valence-corrected chi connectivity index (χ0v) is 13.1. The lowest BCUT2D eigenvalue weighted by molar-refractivity contribution is -0.134. The third kappa shape index (κ3) is 4.06. The molecule has 0 amide bonds. The van der Waals surface area contributed by atoms with Crippen molar-refractivity contribution in [1.29, 1.82) is 0 Å². The van der Waals surface area contributed by atoms with Crippen molar-refractivity contribution in [3.05, 3.63) is 35.4 Å². The monoisotopic (exact) mass is 310 g/mol. The molecule has 1 saturated carbocycles. The maximum Gasteiger partial charge on any atom is 0.318 e. The molecule has 0 saturated heterocycles. The zero-order valence-electron chi connectivity index (χ0n) is 12.3. The van der Waals surface area contributed by atoms with Gasteiger partial charge in [-0.05, 0) is 36.8 Å². The Labute approximate surface area is 126 Å². The van der Waals surface area contributed by atoms with Gasteiger partial charge in [-0.3, -0.25) is 4.79 Å². The van der Waals surface area contributed by atoms with E-state index in [1.165, 1.54) is 37.7 Å². The number of benzene rings is 1. The van der Waals surface area contributed by atoms with Crippen LogP contribution in [0.4, 0.5) is 0 Å². The molecule has 0 aliphatic heterocycles. The van der Waals surface area contributed by atoms with Gasteiger partial charge >= 0.3 is 5.97 Å². The van der Waals surface area contributed by atoms with Gasteiger partial charge in [0.2, 0.25) is 0 Å². The lowest BCUT2D eigenvalue weighted by Crippen LogP contribution is -2.20. The zero-order chi connectivity index (χ0) is 15.5. The summed E-state index contributed by atoms with van der Waals surface area (Å²) in [5, 5.41) is 7.90. The number of carbonyl (C=O) groups is 1. The molecule has 1 fully saturated rings. The van der Waals surface area contributed by atoms with Crippen molar-refractivity contribution in [3.8, 4) is 0 Å². The molecule has 0 spiro atoms. The average molecular weight is 310 g/mol. The lowest BCUT2D eigenvalue weighted by atomic mass is 9.84. The van der Waals surface area contributed by atoms with Crippen LogP contribution in [0.3, 0.4) is 0 Å². The SMILES string of the molecule is CC(c1ccc(C2CCCCC2)cc1)S(=O)(=O)CC(=O)O. The number of sulfone groups is 1. The second-order valence-corrected chi connectivity index (χ2v) is 8.17. The van der Waals surface area contributed by atoms with Crippen LogP contribution in [0.15, 0.2) is 24.3 Å². The normalized spacial score (nSPS) is 18.3. The van der Waals surface area contributed by atoms with Gasteiger partial charge in [0.15, 0.2) is 9.84 Å². The van der Waals surface area contributed by atoms with Gasteiger partial charge in [-0.15, -0.1) is 0 Å². The fraction of sp³-hybridized carbons (Fsp3) is 0.562. The number of carboxylic acids is 1. The highest BCUT2D eigenvalue weighted by Gasteiger charge is 2.25. The largest absolute Gasteiger partial charge is 0.480 e. The van der Waals surface area contributed by atoms with E-state index >= 15 is 0 Å². The first-order valence-electron chi connectivity index (χ1n) is 7.43. The molecular formula is C16H22O4S. The molecule has 1 N–H and O–H groups in total. The van der Waals surface area contributed by atoms with E-state index in [9.17, 15) is 13.2 Å². The summed E-state index contributed by atoms with van der Waals surface area (Å²) in [5.41, 5.74) is 1.93. The van der Waals surface area contributed by atoms with Crippen molar-refractivity contribution < 1.29 is 18.3 Å². The Hall–Kier alpha value is -1.36. The molecule has 0 radical (unpaired) electrons. The summed E-state index contributed by atoms with van der Waals surface area (Å²) in [5.74, 6) is -1.54. The van der Waals surface area contributed by atoms with Crippen LogP contribution >= 0.6 is 0 Å². The Balaban J connectivity index is 2.12. The summed E-state index contributed by atoms with van der Waals surface area (Å²) in [6.45, 7) is 1.55. The first kappa shape index (κ1) is 16.0. The van der Waals surface area contributed by atoms with Crippen LogP contribution in [0, 0.1) is 0 Å². The second kappa shape index (κ2) is 6.60. The molecule has 1 aliphatic rings. The maximum absolute atomic E-state index is 11.9. The van der Waals surface area contributed by atoms with E-state index in [0.717, 1.165) is 0 Å². The third-order valence-electron chi connectivity index (χ3n) is 4.35. The van der Waals surface area contributed by atoms with Crippen LogP contribution in [0.2, 0.25) is 0 Å². The number of hydrogen-bond donors (Lipinski definition) is 1. The van der Waals surface area contributed by atoms with Crippen molar-refractivity contribution >= 4 is 15.8 Å². The van der Waals surface area contributed by atoms with Gasteiger partial charge in [-0.25, -0.2) is 8.42 Å². The summed E-state index contributed by atoms with van der Waals surface area (Å²) in [6.07, 6.45) is 6.23. The molecule has 2 rings (SSSR count). The van der Waals surface area contributed by atoms with E-state index in [1.807, 2.05) is 24.3 Å². The smallest absolute Gasteiger partial charge is 0.318 e. The molecule has 116 valence electrons. The minimum atomic E-state index is -3.65. The third-order valence-corrected chi connectivity index (χ3v) is 6.34. The standard InChI is InChI=1S/C16H22O4S/c1-12(21(19,20)11-16(17)18)13-7-9-15(10-8-13)14-5-3-2-4-6-14/h7-10,12,14H,2-6,11H2,1H3,(H,17,18). The van der Waals surface area contributed by atoms with Crippen molar-refractivity contribution in [3.63, 3.8) is 0 Å². The van der Waals surface area contributed by atoms with Gasteiger partial charge in [-0.2, -0.15) is 0 Å². The molecule has 0 heterocycles. The Kier molecular flexibility index (Phi) is 5.04. The molecule has 1 aromatic carbocycles. The fourth-order valence-electron chi connectivity index (χ4n) is 2.98. The number of hydrogen-bond acceptors (Lipinski definition) is 3. The van der Waals surface area contributed by atoms with Crippen LogP contribution in [0.5, 0.6) is 0 Å². The minimum absolute atomic E-state index is 0.582. The van der Waals surface area contributed by atoms with Crippen LogP contribution < -0.4 is 0 Å². The molecule has 1 atom stereocenters. The molecule has 4 nitrogen and oxygen atoms in total. The second-order valence-electron chi connectivity index (χ2n) is 5.84. The Morgan fingerprint density at radius 1 is 1.19 bits per heavy atom. The number of carboxylic acid groups (broad SMARTS) is 1. The van der Waals surface area contributed by atoms with E-state index in [1.54, 1.807) is 6.92 Å². The molecule has 1 aromatic rings. The Morgan fingerprint density at radius 2 is 1.76 bits per heavy atom. The first-order valence-corrected chi connectivity index (χ1v) is 9.15. The van der Waals surface area contributed by atoms with Crippen molar-refractivity contribution in [2.45, 2.75) is 50.2 Å². The number of aliphatic carboxylic acids is 1. The predicted molar refractivity (Wildman–Crippen MR) is 82.1 cm³/mol. The maximum atomic E-state index is 11.9. The topological polar surface area (TPSA) is 71.4 Å². The summed E-state index contributed by atoms with van der Waals surface area (Å²) < 4.78 is 23.9. The number of rotatable bonds is 5. The predicted octanol–water partition coefficient (Wildman–Crippen LogP) is 3.29.